The summed E-state index contributed by atoms with van der Waals surface area (Å²) in [5, 5.41) is 12.4. The number of carbonyl (C=O) groups is 2. The number of ether oxygens (including phenoxy) is 2. The first-order valence-electron chi connectivity index (χ1n) is 13.6. The summed E-state index contributed by atoms with van der Waals surface area (Å²) in [7, 11) is -2.03. The van der Waals surface area contributed by atoms with Crippen molar-refractivity contribution in [1.82, 2.24) is 9.21 Å². The van der Waals surface area contributed by atoms with Crippen LogP contribution in [0, 0.1) is 5.92 Å². The molecule has 1 aliphatic heterocycles. The zero-order valence-corrected chi connectivity index (χ0v) is 25.1. The molecule has 10 nitrogen and oxygen atoms in total. The number of amides is 2. The Labute approximate surface area is 240 Å². The molecular formula is C27H42F3N3O7S. The Morgan fingerprint density at radius 1 is 1.27 bits per heavy atom. The number of rotatable bonds is 8. The summed E-state index contributed by atoms with van der Waals surface area (Å²) in [5.41, 5.74) is 0.197. The fourth-order valence-electron chi connectivity index (χ4n) is 4.33. The third-order valence-corrected chi connectivity index (χ3v) is 8.26. The van der Waals surface area contributed by atoms with Crippen molar-refractivity contribution in [3.05, 3.63) is 23.8 Å². The van der Waals surface area contributed by atoms with Gasteiger partial charge < -0.3 is 24.8 Å². The van der Waals surface area contributed by atoms with Gasteiger partial charge in [-0.15, -0.1) is 0 Å². The lowest BCUT2D eigenvalue weighted by Crippen LogP contribution is -2.47. The highest BCUT2D eigenvalue weighted by Crippen LogP contribution is 2.29. The van der Waals surface area contributed by atoms with E-state index in [9.17, 15) is 36.3 Å². The van der Waals surface area contributed by atoms with Gasteiger partial charge in [0.15, 0.2) is 0 Å². The smallest absolute Gasteiger partial charge is 0.389 e. The number of carbonyl (C=O) groups excluding carboxylic acids is 2. The Balaban J connectivity index is 2.46. The second-order valence-electron chi connectivity index (χ2n) is 10.7. The SMILES string of the molecule is C[C@@H]1CN([C@H](C)CO)C(=O)c2cc(NC(=O)CCC(F)(F)F)ccc2O[C@@H](C)CCCCO[C@H]1CN(C)S(C)(=O)=O. The molecule has 0 radical (unpaired) electrons. The number of nitrogens with zero attached hydrogens (tertiary/aromatic N) is 2. The van der Waals surface area contributed by atoms with Gasteiger partial charge in [-0.1, -0.05) is 6.92 Å². The summed E-state index contributed by atoms with van der Waals surface area (Å²) < 4.78 is 75.3. The van der Waals surface area contributed by atoms with Crippen molar-refractivity contribution >= 4 is 27.5 Å². The molecule has 41 heavy (non-hydrogen) atoms. The number of hydrogen-bond acceptors (Lipinski definition) is 7. The molecule has 0 saturated carbocycles. The number of likely N-dealkylation sites (N-methyl/N-ethyl adjacent to an activating group) is 1. The lowest BCUT2D eigenvalue weighted by atomic mass is 10.0. The normalized spacial score (nSPS) is 22.4. The van der Waals surface area contributed by atoms with Gasteiger partial charge in [0.25, 0.3) is 5.91 Å². The Morgan fingerprint density at radius 2 is 1.95 bits per heavy atom. The molecule has 1 aromatic rings. The molecule has 2 amide bonds. The van der Waals surface area contributed by atoms with Crippen molar-refractivity contribution in [2.45, 2.75) is 77.3 Å². The van der Waals surface area contributed by atoms with Crippen LogP contribution in [0.3, 0.4) is 0 Å². The highest BCUT2D eigenvalue weighted by atomic mass is 32.2. The zero-order chi connectivity index (χ0) is 31.0. The van der Waals surface area contributed by atoms with Gasteiger partial charge in [-0.2, -0.15) is 13.2 Å². The van der Waals surface area contributed by atoms with Gasteiger partial charge in [0, 0.05) is 44.8 Å². The van der Waals surface area contributed by atoms with Crippen LogP contribution in [0.15, 0.2) is 18.2 Å². The summed E-state index contributed by atoms with van der Waals surface area (Å²) in [5.74, 6) is -1.50. The van der Waals surface area contributed by atoms with Gasteiger partial charge in [-0.3, -0.25) is 9.59 Å². The molecule has 0 fully saturated rings. The molecule has 2 N–H and O–H groups in total. The first kappa shape index (κ1) is 34.8. The zero-order valence-electron chi connectivity index (χ0n) is 24.2. The Hall–Kier alpha value is -2.42. The third-order valence-electron chi connectivity index (χ3n) is 6.97. The van der Waals surface area contributed by atoms with Crippen LogP contribution in [0.25, 0.3) is 0 Å². The lowest BCUT2D eigenvalue weighted by molar-refractivity contribution is -0.142. The molecule has 0 bridgehead atoms. The number of hydrogen-bond donors (Lipinski definition) is 2. The number of halogens is 3. The van der Waals surface area contributed by atoms with Crippen molar-refractivity contribution in [3.63, 3.8) is 0 Å². The molecule has 4 atom stereocenters. The van der Waals surface area contributed by atoms with Gasteiger partial charge in [-0.25, -0.2) is 12.7 Å². The van der Waals surface area contributed by atoms with Crippen molar-refractivity contribution in [3.8, 4) is 5.75 Å². The largest absolute Gasteiger partial charge is 0.490 e. The minimum absolute atomic E-state index is 0.0692. The van der Waals surface area contributed by atoms with Crippen LogP contribution in [-0.2, 0) is 19.6 Å². The average molecular weight is 610 g/mol. The van der Waals surface area contributed by atoms with E-state index in [0.29, 0.717) is 19.4 Å². The minimum Gasteiger partial charge on any atom is -0.490 e. The molecule has 0 spiro atoms. The average Bonchev–Trinajstić information content (AvgIpc) is 2.88. The summed E-state index contributed by atoms with van der Waals surface area (Å²) >= 11 is 0. The first-order valence-corrected chi connectivity index (χ1v) is 15.5. The molecule has 0 unspecified atom stereocenters. The van der Waals surface area contributed by atoms with Gasteiger partial charge >= 0.3 is 6.18 Å². The van der Waals surface area contributed by atoms with Crippen LogP contribution in [-0.4, -0.2) is 98.6 Å². The maximum Gasteiger partial charge on any atom is 0.389 e. The van der Waals surface area contributed by atoms with E-state index in [2.05, 4.69) is 5.32 Å². The monoisotopic (exact) mass is 609 g/mol. The van der Waals surface area contributed by atoms with E-state index in [0.717, 1.165) is 12.7 Å². The number of aliphatic hydroxyl groups is 1. The van der Waals surface area contributed by atoms with Crippen LogP contribution in [0.1, 0.15) is 63.2 Å². The molecule has 0 aliphatic carbocycles. The summed E-state index contributed by atoms with van der Waals surface area (Å²) in [6, 6.07) is 3.66. The highest BCUT2D eigenvalue weighted by molar-refractivity contribution is 7.88. The Kier molecular flexibility index (Phi) is 12.9. The summed E-state index contributed by atoms with van der Waals surface area (Å²) in [4.78, 5) is 27.6. The molecule has 1 aromatic carbocycles. The van der Waals surface area contributed by atoms with Gasteiger partial charge in [-0.05, 0) is 51.3 Å². The van der Waals surface area contributed by atoms with Gasteiger partial charge in [0.1, 0.15) is 5.75 Å². The Bertz CT molecular complexity index is 1130. The second-order valence-corrected chi connectivity index (χ2v) is 12.8. The number of aliphatic hydroxyl groups excluding tert-OH is 1. The standard InChI is InChI=1S/C27H42F3N3O7S/c1-18-15-33(19(2)17-34)26(36)22-14-21(31-25(35)11-12-27(28,29)30)9-10-23(22)40-20(3)8-6-7-13-39-24(18)16-32(4)41(5,37)38/h9-10,14,18-20,24,34H,6-8,11-13,15-17H2,1-5H3,(H,31,35)/t18-,19-,20+,24+/m1/s1. The molecule has 0 saturated heterocycles. The number of anilines is 1. The van der Waals surface area contributed by atoms with E-state index in [-0.39, 0.29) is 48.7 Å². The highest BCUT2D eigenvalue weighted by Gasteiger charge is 2.32. The topological polar surface area (TPSA) is 125 Å². The molecule has 1 aliphatic rings. The molecule has 234 valence electrons. The molecule has 1 heterocycles. The predicted molar refractivity (Wildman–Crippen MR) is 148 cm³/mol. The van der Waals surface area contributed by atoms with Gasteiger partial charge in [0.2, 0.25) is 15.9 Å². The lowest BCUT2D eigenvalue weighted by Gasteiger charge is -2.35. The van der Waals surface area contributed by atoms with E-state index in [1.807, 2.05) is 13.8 Å². The van der Waals surface area contributed by atoms with Crippen LogP contribution < -0.4 is 10.1 Å². The number of benzene rings is 1. The van der Waals surface area contributed by atoms with E-state index in [1.54, 1.807) is 6.92 Å². The van der Waals surface area contributed by atoms with Crippen LogP contribution in [0.2, 0.25) is 0 Å². The van der Waals surface area contributed by atoms with Crippen molar-refractivity contribution in [2.75, 3.05) is 44.9 Å². The van der Waals surface area contributed by atoms with Crippen molar-refractivity contribution in [2.24, 2.45) is 5.92 Å². The predicted octanol–water partition coefficient (Wildman–Crippen LogP) is 3.65. The number of sulfonamides is 1. The van der Waals surface area contributed by atoms with Gasteiger partial charge in [0.05, 0.1) is 43.1 Å². The van der Waals surface area contributed by atoms with E-state index in [4.69, 9.17) is 9.47 Å². The van der Waals surface area contributed by atoms with E-state index < -0.39 is 53.0 Å². The molecule has 14 heteroatoms. The quantitative estimate of drug-likeness (QED) is 0.461. The summed E-state index contributed by atoms with van der Waals surface area (Å²) in [6.07, 6.45) is -4.20. The number of alkyl halides is 3. The minimum atomic E-state index is -4.48. The Morgan fingerprint density at radius 3 is 2.56 bits per heavy atom. The number of nitrogens with one attached hydrogen (secondary N) is 1. The molecule has 0 aromatic heterocycles. The fraction of sp³-hybridized carbons (Fsp3) is 0.704. The second kappa shape index (κ2) is 15.2. The van der Waals surface area contributed by atoms with Crippen LogP contribution in [0.4, 0.5) is 18.9 Å². The molecular weight excluding hydrogens is 567 g/mol. The van der Waals surface area contributed by atoms with E-state index in [1.165, 1.54) is 34.5 Å². The molecule has 2 rings (SSSR count). The summed E-state index contributed by atoms with van der Waals surface area (Å²) in [6.45, 7) is 5.50. The number of fused-ring (bicyclic) bond motifs is 1. The fourth-order valence-corrected chi connectivity index (χ4v) is 4.75. The first-order chi connectivity index (χ1) is 19.0. The van der Waals surface area contributed by atoms with Crippen molar-refractivity contribution in [1.29, 1.82) is 0 Å². The maximum atomic E-state index is 14.0. The van der Waals surface area contributed by atoms with E-state index >= 15 is 0 Å². The van der Waals surface area contributed by atoms with Crippen molar-refractivity contribution < 1.29 is 45.8 Å². The maximum absolute atomic E-state index is 14.0. The van der Waals surface area contributed by atoms with Crippen LogP contribution >= 0.6 is 0 Å². The third kappa shape index (κ3) is 11.4. The van der Waals surface area contributed by atoms with Crippen LogP contribution in [0.5, 0.6) is 5.75 Å².